The van der Waals surface area contributed by atoms with Gasteiger partial charge < -0.3 is 19.3 Å². The van der Waals surface area contributed by atoms with E-state index >= 15 is 0 Å². The zero-order chi connectivity index (χ0) is 20.1. The van der Waals surface area contributed by atoms with Gasteiger partial charge in [-0.15, -0.1) is 0 Å². The summed E-state index contributed by atoms with van der Waals surface area (Å²) >= 11 is 0. The number of methoxy groups -OCH3 is 2. The van der Waals surface area contributed by atoms with Crippen molar-refractivity contribution >= 4 is 11.6 Å². The Balaban J connectivity index is 1.60. The van der Waals surface area contributed by atoms with Gasteiger partial charge >= 0.3 is 0 Å². The van der Waals surface area contributed by atoms with Gasteiger partial charge in [-0.3, -0.25) is 14.9 Å². The number of carbonyl (C=O) groups is 1. The molecule has 1 heterocycles. The predicted molar refractivity (Wildman–Crippen MR) is 103 cm³/mol. The van der Waals surface area contributed by atoms with E-state index in [1.54, 1.807) is 19.1 Å². The number of nitro groups is 1. The molecule has 1 amide bonds. The van der Waals surface area contributed by atoms with E-state index in [-0.39, 0.29) is 11.6 Å². The van der Waals surface area contributed by atoms with Gasteiger partial charge in [-0.1, -0.05) is 6.07 Å². The molecule has 0 spiro atoms. The van der Waals surface area contributed by atoms with E-state index in [0.29, 0.717) is 24.4 Å². The molecule has 28 heavy (non-hydrogen) atoms. The molecule has 8 heteroatoms. The molecule has 2 aromatic carbocycles. The smallest absolute Gasteiger partial charge is 0.269 e. The lowest BCUT2D eigenvalue weighted by molar-refractivity contribution is -0.917. The normalized spacial score (nSPS) is 14.6. The summed E-state index contributed by atoms with van der Waals surface area (Å²) in [4.78, 5) is 26.1. The van der Waals surface area contributed by atoms with Gasteiger partial charge in [0.1, 0.15) is 6.54 Å². The molecule has 148 valence electrons. The highest BCUT2D eigenvalue weighted by Gasteiger charge is 2.26. The summed E-state index contributed by atoms with van der Waals surface area (Å²) < 4.78 is 10.9. The second kappa shape index (κ2) is 8.71. The van der Waals surface area contributed by atoms with E-state index in [0.717, 1.165) is 30.9 Å². The lowest BCUT2D eigenvalue weighted by Crippen LogP contribution is -3.13. The first kappa shape index (κ1) is 19.6. The first-order valence-electron chi connectivity index (χ1n) is 9.10. The Morgan fingerprint density at radius 3 is 2.36 bits per heavy atom. The van der Waals surface area contributed by atoms with Gasteiger partial charge in [0.25, 0.3) is 11.6 Å². The summed E-state index contributed by atoms with van der Waals surface area (Å²) in [7, 11) is 3.26. The first-order chi connectivity index (χ1) is 13.5. The van der Waals surface area contributed by atoms with Gasteiger partial charge in [0.15, 0.2) is 11.5 Å². The van der Waals surface area contributed by atoms with Crippen LogP contribution in [-0.2, 0) is 6.54 Å². The van der Waals surface area contributed by atoms with Crippen molar-refractivity contribution in [3.63, 3.8) is 0 Å². The number of benzene rings is 2. The van der Waals surface area contributed by atoms with Crippen LogP contribution in [0.1, 0.15) is 15.9 Å². The number of nitrogens with one attached hydrogen (secondary N) is 1. The fourth-order valence-electron chi connectivity index (χ4n) is 3.47. The number of para-hydroxylation sites is 1. The number of hydrogen-bond donors (Lipinski definition) is 1. The van der Waals surface area contributed by atoms with Gasteiger partial charge in [-0.25, -0.2) is 0 Å². The SMILES string of the molecule is COc1cccc(C[NH+]2CCN(C(=O)c3ccc([N+](=O)[O-])cc3)CC2)c1OC. The molecule has 2 aromatic rings. The molecule has 1 N–H and O–H groups in total. The van der Waals surface area contributed by atoms with E-state index < -0.39 is 4.92 Å². The predicted octanol–water partition coefficient (Wildman–Crippen LogP) is 1.15. The molecule has 0 unspecified atom stereocenters. The van der Waals surface area contributed by atoms with E-state index in [9.17, 15) is 14.9 Å². The quantitative estimate of drug-likeness (QED) is 0.595. The molecule has 0 atom stereocenters. The third-order valence-corrected chi connectivity index (χ3v) is 5.01. The molecule has 3 rings (SSSR count). The minimum atomic E-state index is -0.469. The number of non-ortho nitro benzene ring substituents is 1. The monoisotopic (exact) mass is 386 g/mol. The highest BCUT2D eigenvalue weighted by molar-refractivity contribution is 5.94. The second-order valence-electron chi connectivity index (χ2n) is 6.68. The molecule has 0 aromatic heterocycles. The molecular weight excluding hydrogens is 362 g/mol. The van der Waals surface area contributed by atoms with Crippen LogP contribution in [0.3, 0.4) is 0 Å². The van der Waals surface area contributed by atoms with Crippen LogP contribution < -0.4 is 14.4 Å². The Bertz CT molecular complexity index is 845. The van der Waals surface area contributed by atoms with Crippen molar-refractivity contribution in [2.75, 3.05) is 40.4 Å². The van der Waals surface area contributed by atoms with E-state index in [1.807, 2.05) is 18.2 Å². The number of hydrogen-bond acceptors (Lipinski definition) is 5. The first-order valence-corrected chi connectivity index (χ1v) is 9.10. The Kier molecular flexibility index (Phi) is 6.10. The standard InChI is InChI=1S/C20H23N3O5/c1-27-18-5-3-4-16(19(18)28-2)14-21-10-12-22(13-11-21)20(24)15-6-8-17(9-7-15)23(25)26/h3-9H,10-14H2,1-2H3/p+1. The van der Waals surface area contributed by atoms with E-state index in [1.165, 1.54) is 29.2 Å². The Hall–Kier alpha value is -3.13. The van der Waals surface area contributed by atoms with Crippen LogP contribution in [-0.4, -0.2) is 56.1 Å². The van der Waals surface area contributed by atoms with E-state index in [2.05, 4.69) is 0 Å². The topological polar surface area (TPSA) is 86.4 Å². The van der Waals surface area contributed by atoms with Gasteiger partial charge in [-0.2, -0.15) is 0 Å². The number of piperazine rings is 1. The van der Waals surface area contributed by atoms with Crippen molar-refractivity contribution in [2.24, 2.45) is 0 Å². The summed E-state index contributed by atoms with van der Waals surface area (Å²) in [5.41, 5.74) is 1.54. The van der Waals surface area contributed by atoms with E-state index in [4.69, 9.17) is 9.47 Å². The van der Waals surface area contributed by atoms with Crippen LogP contribution in [0.15, 0.2) is 42.5 Å². The van der Waals surface area contributed by atoms with Crippen molar-refractivity contribution in [2.45, 2.75) is 6.54 Å². The Morgan fingerprint density at radius 2 is 1.79 bits per heavy atom. The van der Waals surface area contributed by atoms with Crippen molar-refractivity contribution in [1.29, 1.82) is 0 Å². The van der Waals surface area contributed by atoms with Gasteiger partial charge in [0, 0.05) is 17.7 Å². The third-order valence-electron chi connectivity index (χ3n) is 5.01. The summed E-state index contributed by atoms with van der Waals surface area (Å²) in [6.45, 7) is 3.70. The largest absolute Gasteiger partial charge is 0.493 e. The molecule has 1 fully saturated rings. The second-order valence-corrected chi connectivity index (χ2v) is 6.68. The van der Waals surface area contributed by atoms with Crippen LogP contribution in [0.5, 0.6) is 11.5 Å². The number of quaternary nitrogens is 1. The zero-order valence-electron chi connectivity index (χ0n) is 16.0. The summed E-state index contributed by atoms with van der Waals surface area (Å²) in [5, 5.41) is 10.7. The van der Waals surface area contributed by atoms with Gasteiger partial charge in [0.2, 0.25) is 0 Å². The maximum Gasteiger partial charge on any atom is 0.269 e. The number of nitro benzene ring substituents is 1. The molecule has 1 aliphatic rings. The van der Waals surface area contributed by atoms with Crippen LogP contribution in [0.2, 0.25) is 0 Å². The van der Waals surface area contributed by atoms with Crippen molar-refractivity contribution in [3.8, 4) is 11.5 Å². The minimum absolute atomic E-state index is 0.0157. The molecule has 0 aliphatic carbocycles. The summed E-state index contributed by atoms with van der Waals surface area (Å²) in [5.74, 6) is 1.38. The average Bonchev–Trinajstić information content (AvgIpc) is 2.73. The molecule has 0 radical (unpaired) electrons. The molecule has 1 aliphatic heterocycles. The average molecular weight is 386 g/mol. The number of rotatable bonds is 6. The lowest BCUT2D eigenvalue weighted by Gasteiger charge is -2.32. The lowest BCUT2D eigenvalue weighted by atomic mass is 10.1. The summed E-state index contributed by atoms with van der Waals surface area (Å²) in [6.07, 6.45) is 0. The maximum atomic E-state index is 12.6. The molecule has 0 bridgehead atoms. The van der Waals surface area contributed by atoms with Crippen molar-refractivity contribution in [3.05, 3.63) is 63.7 Å². The fraction of sp³-hybridized carbons (Fsp3) is 0.350. The fourth-order valence-corrected chi connectivity index (χ4v) is 3.47. The number of carbonyl (C=O) groups excluding carboxylic acids is 1. The highest BCUT2D eigenvalue weighted by atomic mass is 16.6. The highest BCUT2D eigenvalue weighted by Crippen LogP contribution is 2.30. The molecule has 0 saturated carbocycles. The van der Waals surface area contributed by atoms with Crippen LogP contribution >= 0.6 is 0 Å². The Morgan fingerprint density at radius 1 is 1.11 bits per heavy atom. The van der Waals surface area contributed by atoms with Crippen LogP contribution in [0, 0.1) is 10.1 Å². The number of amides is 1. The van der Waals surface area contributed by atoms with Crippen molar-refractivity contribution in [1.82, 2.24) is 4.90 Å². The van der Waals surface area contributed by atoms with Crippen LogP contribution in [0.25, 0.3) is 0 Å². The van der Waals surface area contributed by atoms with Crippen molar-refractivity contribution < 1.29 is 24.1 Å². The number of ether oxygens (including phenoxy) is 2. The molecule has 1 saturated heterocycles. The Labute approximate surface area is 163 Å². The summed E-state index contributed by atoms with van der Waals surface area (Å²) in [6, 6.07) is 11.6. The minimum Gasteiger partial charge on any atom is -0.493 e. The molecular formula is C20H24N3O5+. The molecule has 8 nitrogen and oxygen atoms in total. The van der Waals surface area contributed by atoms with Gasteiger partial charge in [0.05, 0.1) is 50.9 Å². The van der Waals surface area contributed by atoms with Gasteiger partial charge in [-0.05, 0) is 24.3 Å². The zero-order valence-corrected chi connectivity index (χ0v) is 16.0. The number of nitrogens with zero attached hydrogens (tertiary/aromatic N) is 2. The third kappa shape index (κ3) is 4.23. The maximum absolute atomic E-state index is 12.6. The van der Waals surface area contributed by atoms with Crippen LogP contribution in [0.4, 0.5) is 5.69 Å².